The number of hydrogen-bond donors (Lipinski definition) is 1. The molecule has 0 aliphatic carbocycles. The van der Waals surface area contributed by atoms with Gasteiger partial charge in [0, 0.05) is 50.3 Å². The van der Waals surface area contributed by atoms with Gasteiger partial charge in [0.15, 0.2) is 0 Å². The Labute approximate surface area is 117 Å². The van der Waals surface area contributed by atoms with Gasteiger partial charge in [-0.3, -0.25) is 9.80 Å². The second kappa shape index (κ2) is 5.68. The number of rotatable bonds is 3. The van der Waals surface area contributed by atoms with Crippen LogP contribution >= 0.6 is 0 Å². The smallest absolute Gasteiger partial charge is 0.0547 e. The Bertz CT molecular complexity index is 304. The molecule has 0 amide bonds. The van der Waals surface area contributed by atoms with Gasteiger partial charge in [-0.05, 0) is 32.7 Å². The standard InChI is InChI=1S/C15H29N3O/c1-13-8-17-6-3-2-4-14(17)9-18(13)11-15(10-16)5-7-19-12-15/h13-14H,2-12,16H2,1H3. The predicted octanol–water partition coefficient (Wildman–Crippen LogP) is 0.910. The van der Waals surface area contributed by atoms with Gasteiger partial charge in [-0.25, -0.2) is 0 Å². The molecule has 3 aliphatic rings. The molecule has 0 radical (unpaired) electrons. The van der Waals surface area contributed by atoms with Crippen molar-refractivity contribution in [3.05, 3.63) is 0 Å². The van der Waals surface area contributed by atoms with Crippen LogP contribution in [0.4, 0.5) is 0 Å². The molecular formula is C15H29N3O. The number of hydrogen-bond acceptors (Lipinski definition) is 4. The van der Waals surface area contributed by atoms with Gasteiger partial charge in [0.2, 0.25) is 0 Å². The minimum atomic E-state index is 0.227. The third kappa shape index (κ3) is 2.82. The molecule has 4 heteroatoms. The zero-order valence-corrected chi connectivity index (χ0v) is 12.3. The lowest BCUT2D eigenvalue weighted by Crippen LogP contribution is -2.61. The fourth-order valence-corrected chi connectivity index (χ4v) is 4.06. The first-order valence-electron chi connectivity index (χ1n) is 7.98. The fourth-order valence-electron chi connectivity index (χ4n) is 4.06. The van der Waals surface area contributed by atoms with E-state index in [4.69, 9.17) is 10.5 Å². The van der Waals surface area contributed by atoms with E-state index in [1.54, 1.807) is 0 Å². The highest BCUT2D eigenvalue weighted by Crippen LogP contribution is 2.32. The van der Waals surface area contributed by atoms with Crippen molar-refractivity contribution < 1.29 is 4.74 Å². The number of nitrogens with two attached hydrogens (primary N) is 1. The van der Waals surface area contributed by atoms with E-state index in [-0.39, 0.29) is 5.41 Å². The van der Waals surface area contributed by atoms with Crippen LogP contribution < -0.4 is 5.73 Å². The van der Waals surface area contributed by atoms with Crippen molar-refractivity contribution in [1.82, 2.24) is 9.80 Å². The van der Waals surface area contributed by atoms with Gasteiger partial charge in [0.05, 0.1) is 6.61 Å². The highest BCUT2D eigenvalue weighted by atomic mass is 16.5. The highest BCUT2D eigenvalue weighted by Gasteiger charge is 2.40. The molecule has 0 saturated carbocycles. The van der Waals surface area contributed by atoms with Crippen LogP contribution in [-0.4, -0.2) is 67.8 Å². The first kappa shape index (κ1) is 13.8. The molecule has 0 aromatic carbocycles. The largest absolute Gasteiger partial charge is 0.381 e. The van der Waals surface area contributed by atoms with Crippen LogP contribution in [-0.2, 0) is 4.74 Å². The average molecular weight is 267 g/mol. The first-order valence-corrected chi connectivity index (χ1v) is 7.98. The highest BCUT2D eigenvalue weighted by molar-refractivity contribution is 4.94. The monoisotopic (exact) mass is 267 g/mol. The molecule has 3 saturated heterocycles. The molecule has 3 aliphatic heterocycles. The van der Waals surface area contributed by atoms with E-state index in [1.807, 2.05) is 0 Å². The van der Waals surface area contributed by atoms with Gasteiger partial charge < -0.3 is 10.5 Å². The third-order valence-electron chi connectivity index (χ3n) is 5.47. The van der Waals surface area contributed by atoms with Crippen molar-refractivity contribution in [3.63, 3.8) is 0 Å². The van der Waals surface area contributed by atoms with Gasteiger partial charge in [-0.15, -0.1) is 0 Å². The second-order valence-electron chi connectivity index (χ2n) is 6.93. The molecule has 3 fully saturated rings. The van der Waals surface area contributed by atoms with Gasteiger partial charge >= 0.3 is 0 Å². The minimum absolute atomic E-state index is 0.227. The Balaban J connectivity index is 1.63. The van der Waals surface area contributed by atoms with Gasteiger partial charge in [0.25, 0.3) is 0 Å². The van der Waals surface area contributed by atoms with Crippen molar-refractivity contribution in [1.29, 1.82) is 0 Å². The number of ether oxygens (including phenoxy) is 1. The van der Waals surface area contributed by atoms with Crippen molar-refractivity contribution in [3.8, 4) is 0 Å². The van der Waals surface area contributed by atoms with Gasteiger partial charge in [-0.2, -0.15) is 0 Å². The zero-order valence-electron chi connectivity index (χ0n) is 12.3. The number of piperazine rings is 1. The predicted molar refractivity (Wildman–Crippen MR) is 77.2 cm³/mol. The van der Waals surface area contributed by atoms with Crippen LogP contribution in [0.5, 0.6) is 0 Å². The number of fused-ring (bicyclic) bond motifs is 1. The normalized spacial score (nSPS) is 41.4. The first-order chi connectivity index (χ1) is 9.22. The average Bonchev–Trinajstić information content (AvgIpc) is 2.89. The van der Waals surface area contributed by atoms with Crippen LogP contribution in [0.2, 0.25) is 0 Å². The van der Waals surface area contributed by atoms with E-state index in [0.717, 1.165) is 38.8 Å². The molecule has 2 N–H and O–H groups in total. The second-order valence-corrected chi connectivity index (χ2v) is 6.93. The Morgan fingerprint density at radius 2 is 2.21 bits per heavy atom. The van der Waals surface area contributed by atoms with Crippen molar-refractivity contribution in [2.75, 3.05) is 45.9 Å². The lowest BCUT2D eigenvalue weighted by molar-refractivity contribution is -0.00770. The van der Waals surface area contributed by atoms with E-state index in [1.165, 1.54) is 38.9 Å². The summed E-state index contributed by atoms with van der Waals surface area (Å²) in [5, 5.41) is 0. The maximum absolute atomic E-state index is 6.05. The Kier molecular flexibility index (Phi) is 4.13. The van der Waals surface area contributed by atoms with Gasteiger partial charge in [0.1, 0.15) is 0 Å². The molecule has 3 atom stereocenters. The van der Waals surface area contributed by atoms with Crippen molar-refractivity contribution in [2.24, 2.45) is 11.1 Å². The summed E-state index contributed by atoms with van der Waals surface area (Å²) in [7, 11) is 0. The van der Waals surface area contributed by atoms with Crippen LogP contribution in [0.3, 0.4) is 0 Å². The summed E-state index contributed by atoms with van der Waals surface area (Å²) in [5.74, 6) is 0. The number of piperidine rings is 1. The number of nitrogens with zero attached hydrogens (tertiary/aromatic N) is 2. The maximum Gasteiger partial charge on any atom is 0.0547 e. The van der Waals surface area contributed by atoms with Gasteiger partial charge in [-0.1, -0.05) is 6.42 Å². The van der Waals surface area contributed by atoms with E-state index >= 15 is 0 Å². The quantitative estimate of drug-likeness (QED) is 0.825. The molecule has 110 valence electrons. The van der Waals surface area contributed by atoms with E-state index in [9.17, 15) is 0 Å². The molecule has 0 aromatic heterocycles. The zero-order chi connectivity index (χ0) is 13.3. The molecular weight excluding hydrogens is 238 g/mol. The van der Waals surface area contributed by atoms with E-state index < -0.39 is 0 Å². The van der Waals surface area contributed by atoms with Crippen LogP contribution in [0.25, 0.3) is 0 Å². The molecule has 0 spiro atoms. The molecule has 0 bridgehead atoms. The molecule has 0 aromatic rings. The summed E-state index contributed by atoms with van der Waals surface area (Å²) in [6.45, 7) is 9.84. The van der Waals surface area contributed by atoms with E-state index in [2.05, 4.69) is 16.7 Å². The lowest BCUT2D eigenvalue weighted by Gasteiger charge is -2.49. The van der Waals surface area contributed by atoms with E-state index in [0.29, 0.717) is 6.04 Å². The third-order valence-corrected chi connectivity index (χ3v) is 5.47. The van der Waals surface area contributed by atoms with Crippen molar-refractivity contribution >= 4 is 0 Å². The molecule has 3 heterocycles. The summed E-state index contributed by atoms with van der Waals surface area (Å²) in [4.78, 5) is 5.40. The summed E-state index contributed by atoms with van der Waals surface area (Å²) >= 11 is 0. The van der Waals surface area contributed by atoms with Crippen LogP contribution in [0.1, 0.15) is 32.6 Å². The van der Waals surface area contributed by atoms with Crippen molar-refractivity contribution in [2.45, 2.75) is 44.7 Å². The maximum atomic E-state index is 6.05. The van der Waals surface area contributed by atoms with Crippen LogP contribution in [0, 0.1) is 5.41 Å². The summed E-state index contributed by atoms with van der Waals surface area (Å²) < 4.78 is 5.62. The summed E-state index contributed by atoms with van der Waals surface area (Å²) in [5.41, 5.74) is 6.27. The van der Waals surface area contributed by atoms with Crippen LogP contribution in [0.15, 0.2) is 0 Å². The topological polar surface area (TPSA) is 41.7 Å². The Hall–Kier alpha value is -0.160. The summed E-state index contributed by atoms with van der Waals surface area (Å²) in [6.07, 6.45) is 5.33. The summed E-state index contributed by atoms with van der Waals surface area (Å²) in [6, 6.07) is 1.46. The Morgan fingerprint density at radius 1 is 1.32 bits per heavy atom. The Morgan fingerprint density at radius 3 is 2.95 bits per heavy atom. The molecule has 19 heavy (non-hydrogen) atoms. The SMILES string of the molecule is CC1CN2CCCCC2CN1CC1(CN)CCOC1. The molecule has 4 nitrogen and oxygen atoms in total. The minimum Gasteiger partial charge on any atom is -0.381 e. The fraction of sp³-hybridized carbons (Fsp3) is 1.00. The molecule has 3 rings (SSSR count). The molecule has 3 unspecified atom stereocenters. The lowest BCUT2D eigenvalue weighted by atomic mass is 9.85.